The summed E-state index contributed by atoms with van der Waals surface area (Å²) in [6, 6.07) is 4.77. The molecule has 0 spiro atoms. The zero-order valence-corrected chi connectivity index (χ0v) is 10.4. The van der Waals surface area contributed by atoms with Gasteiger partial charge in [-0.2, -0.15) is 0 Å². The second-order valence-electron chi connectivity index (χ2n) is 4.28. The van der Waals surface area contributed by atoms with Gasteiger partial charge in [0.1, 0.15) is 11.7 Å². The third kappa shape index (κ3) is 3.67. The Morgan fingerprint density at radius 3 is 3.00 bits per heavy atom. The van der Waals surface area contributed by atoms with Gasteiger partial charge in [0.25, 0.3) is 0 Å². The van der Waals surface area contributed by atoms with Crippen LogP contribution in [0.4, 0.5) is 10.1 Å². The summed E-state index contributed by atoms with van der Waals surface area (Å²) in [6.07, 6.45) is 0.941. The van der Waals surface area contributed by atoms with E-state index in [0.717, 1.165) is 19.5 Å². The van der Waals surface area contributed by atoms with Gasteiger partial charge in [-0.15, -0.1) is 0 Å². The maximum absolute atomic E-state index is 13.8. The highest BCUT2D eigenvalue weighted by Gasteiger charge is 2.10. The lowest BCUT2D eigenvalue weighted by molar-refractivity contribution is -0.136. The third-order valence-electron chi connectivity index (χ3n) is 2.79. The molecule has 0 radical (unpaired) electrons. The number of carboxylic acid groups (broad SMARTS) is 1. The molecule has 0 saturated heterocycles. The van der Waals surface area contributed by atoms with E-state index < -0.39 is 11.8 Å². The molecule has 1 aliphatic rings. The fourth-order valence-electron chi connectivity index (χ4n) is 1.84. The first-order valence-corrected chi connectivity index (χ1v) is 6.21. The van der Waals surface area contributed by atoms with E-state index in [1.165, 1.54) is 6.07 Å². The average Bonchev–Trinajstić information content (AvgIpc) is 2.41. The van der Waals surface area contributed by atoms with Gasteiger partial charge in [0.2, 0.25) is 0 Å². The van der Waals surface area contributed by atoms with Crippen LogP contribution in [0.25, 0.3) is 0 Å². The number of nitrogens with zero attached hydrogens (tertiary/aromatic N) is 1. The molecule has 3 N–H and O–H groups in total. The molecular weight excluding hydrogens is 249 g/mol. The number of anilines is 1. The lowest BCUT2D eigenvalue weighted by Gasteiger charge is -2.15. The van der Waals surface area contributed by atoms with E-state index in [1.807, 2.05) is 0 Å². The fourth-order valence-corrected chi connectivity index (χ4v) is 1.84. The molecule has 19 heavy (non-hydrogen) atoms. The quantitative estimate of drug-likeness (QED) is 0.753. The minimum atomic E-state index is -0.912. The summed E-state index contributed by atoms with van der Waals surface area (Å²) in [6.45, 7) is 1.80. The highest BCUT2D eigenvalue weighted by atomic mass is 19.1. The van der Waals surface area contributed by atoms with Gasteiger partial charge < -0.3 is 15.7 Å². The van der Waals surface area contributed by atoms with Crippen molar-refractivity contribution in [2.75, 3.05) is 25.0 Å². The zero-order chi connectivity index (χ0) is 13.7. The highest BCUT2D eigenvalue weighted by molar-refractivity contribution is 5.99. The number of hydrogen-bond acceptors (Lipinski definition) is 4. The molecule has 2 rings (SSSR count). The lowest BCUT2D eigenvalue weighted by Crippen LogP contribution is -2.30. The van der Waals surface area contributed by atoms with E-state index in [-0.39, 0.29) is 13.0 Å². The van der Waals surface area contributed by atoms with Crippen LogP contribution in [0, 0.1) is 5.82 Å². The summed E-state index contributed by atoms with van der Waals surface area (Å²) in [5.41, 5.74) is 1.02. The van der Waals surface area contributed by atoms with E-state index in [4.69, 9.17) is 5.11 Å². The van der Waals surface area contributed by atoms with Crippen LogP contribution in [-0.4, -0.2) is 36.5 Å². The summed E-state index contributed by atoms with van der Waals surface area (Å²) in [5, 5.41) is 14.4. The standard InChI is InChI=1S/C13H16FN3O2/c14-10-8-9(13-16-5-1-6-17-13)2-3-11(10)15-7-4-12(18)19/h2-3,8,15H,1,4-7H2,(H,16,17)(H,18,19). The number of rotatable bonds is 5. The smallest absolute Gasteiger partial charge is 0.305 e. The number of hydrogen-bond donors (Lipinski definition) is 3. The SMILES string of the molecule is O=C(O)CCNc1ccc(C2=NCCCN2)cc1F. The normalized spacial score (nSPS) is 14.5. The topological polar surface area (TPSA) is 73.7 Å². The van der Waals surface area contributed by atoms with Crippen LogP contribution in [0.3, 0.4) is 0 Å². The van der Waals surface area contributed by atoms with Gasteiger partial charge in [-0.1, -0.05) is 0 Å². The van der Waals surface area contributed by atoms with Crippen LogP contribution in [0.15, 0.2) is 23.2 Å². The molecule has 102 valence electrons. The lowest BCUT2D eigenvalue weighted by atomic mass is 10.1. The van der Waals surface area contributed by atoms with Gasteiger partial charge in [0, 0.05) is 25.2 Å². The Labute approximate surface area is 110 Å². The van der Waals surface area contributed by atoms with Crippen molar-refractivity contribution in [2.45, 2.75) is 12.8 Å². The van der Waals surface area contributed by atoms with Crippen molar-refractivity contribution in [2.24, 2.45) is 4.99 Å². The summed E-state index contributed by atoms with van der Waals surface area (Å²) in [5.74, 6) is -0.606. The molecule has 0 bridgehead atoms. The van der Waals surface area contributed by atoms with E-state index in [2.05, 4.69) is 15.6 Å². The average molecular weight is 265 g/mol. The maximum Gasteiger partial charge on any atom is 0.305 e. The molecule has 6 heteroatoms. The second kappa shape index (κ2) is 6.17. The van der Waals surface area contributed by atoms with Crippen LogP contribution in [0.2, 0.25) is 0 Å². The molecular formula is C13H16FN3O2. The second-order valence-corrected chi connectivity index (χ2v) is 4.28. The van der Waals surface area contributed by atoms with Gasteiger partial charge >= 0.3 is 5.97 Å². The van der Waals surface area contributed by atoms with Crippen molar-refractivity contribution < 1.29 is 14.3 Å². The van der Waals surface area contributed by atoms with E-state index >= 15 is 0 Å². The van der Waals surface area contributed by atoms with Crippen molar-refractivity contribution >= 4 is 17.5 Å². The maximum atomic E-state index is 13.8. The Kier molecular flexibility index (Phi) is 4.33. The summed E-state index contributed by atoms with van der Waals surface area (Å²) in [4.78, 5) is 14.7. The van der Waals surface area contributed by atoms with E-state index in [1.54, 1.807) is 12.1 Å². The van der Waals surface area contributed by atoms with Crippen LogP contribution in [0.5, 0.6) is 0 Å². The van der Waals surface area contributed by atoms with Crippen molar-refractivity contribution in [3.05, 3.63) is 29.6 Å². The summed E-state index contributed by atoms with van der Waals surface area (Å²) >= 11 is 0. The molecule has 1 aromatic rings. The Morgan fingerprint density at radius 2 is 2.37 bits per heavy atom. The largest absolute Gasteiger partial charge is 0.481 e. The number of nitrogens with one attached hydrogen (secondary N) is 2. The third-order valence-corrected chi connectivity index (χ3v) is 2.79. The predicted molar refractivity (Wildman–Crippen MR) is 71.2 cm³/mol. The Bertz CT molecular complexity index is 503. The Hall–Kier alpha value is -2.11. The summed E-state index contributed by atoms with van der Waals surface area (Å²) < 4.78 is 13.8. The summed E-state index contributed by atoms with van der Waals surface area (Å²) in [7, 11) is 0. The van der Waals surface area contributed by atoms with Crippen LogP contribution in [0.1, 0.15) is 18.4 Å². The highest BCUT2D eigenvalue weighted by Crippen LogP contribution is 2.16. The number of benzene rings is 1. The monoisotopic (exact) mass is 265 g/mol. The molecule has 0 fully saturated rings. The number of aliphatic carboxylic acids is 1. The molecule has 0 aliphatic carbocycles. The minimum Gasteiger partial charge on any atom is -0.481 e. The predicted octanol–water partition coefficient (Wildman–Crippen LogP) is 1.45. The number of carboxylic acids is 1. The Morgan fingerprint density at radius 1 is 1.53 bits per heavy atom. The molecule has 0 unspecified atom stereocenters. The van der Waals surface area contributed by atoms with E-state index in [9.17, 15) is 9.18 Å². The molecule has 1 aliphatic heterocycles. The molecule has 0 atom stereocenters. The Balaban J connectivity index is 2.04. The van der Waals surface area contributed by atoms with Crippen LogP contribution in [-0.2, 0) is 4.79 Å². The first-order valence-electron chi connectivity index (χ1n) is 6.21. The molecule has 1 heterocycles. The minimum absolute atomic E-state index is 0.0462. The van der Waals surface area contributed by atoms with Gasteiger partial charge in [-0.25, -0.2) is 4.39 Å². The number of carbonyl (C=O) groups is 1. The molecule has 0 amide bonds. The van der Waals surface area contributed by atoms with Crippen LogP contribution < -0.4 is 10.6 Å². The molecule has 5 nitrogen and oxygen atoms in total. The van der Waals surface area contributed by atoms with E-state index in [0.29, 0.717) is 17.1 Å². The molecule has 0 saturated carbocycles. The van der Waals surface area contributed by atoms with Crippen LogP contribution >= 0.6 is 0 Å². The first-order chi connectivity index (χ1) is 9.16. The number of aliphatic imine (C=N–C) groups is 1. The molecule has 1 aromatic carbocycles. The van der Waals surface area contributed by atoms with Gasteiger partial charge in [-0.3, -0.25) is 9.79 Å². The first kappa shape index (κ1) is 13.3. The van der Waals surface area contributed by atoms with Crippen molar-refractivity contribution in [1.82, 2.24) is 5.32 Å². The number of halogens is 1. The zero-order valence-electron chi connectivity index (χ0n) is 10.4. The van der Waals surface area contributed by atoms with Crippen molar-refractivity contribution in [1.29, 1.82) is 0 Å². The van der Waals surface area contributed by atoms with Gasteiger partial charge in [-0.05, 0) is 24.6 Å². The molecule has 0 aromatic heterocycles. The van der Waals surface area contributed by atoms with Gasteiger partial charge in [0.15, 0.2) is 0 Å². The number of amidine groups is 1. The van der Waals surface area contributed by atoms with Crippen molar-refractivity contribution in [3.8, 4) is 0 Å². The fraction of sp³-hybridized carbons (Fsp3) is 0.385. The van der Waals surface area contributed by atoms with Crippen molar-refractivity contribution in [3.63, 3.8) is 0 Å². The van der Waals surface area contributed by atoms with Gasteiger partial charge in [0.05, 0.1) is 12.1 Å².